The molecule has 0 saturated heterocycles. The Morgan fingerprint density at radius 3 is 2.71 bits per heavy atom. The maximum atomic E-state index is 13.0. The highest BCUT2D eigenvalue weighted by Gasteiger charge is 2.24. The van der Waals surface area contributed by atoms with Crippen LogP contribution in [0, 0.1) is 13.8 Å². The van der Waals surface area contributed by atoms with Crippen LogP contribution < -0.4 is 10.6 Å². The van der Waals surface area contributed by atoms with Crippen LogP contribution >= 0.6 is 0 Å². The zero-order valence-corrected chi connectivity index (χ0v) is 20.0. The number of nitrogens with one attached hydrogen (secondary N) is 2. The van der Waals surface area contributed by atoms with Crippen LogP contribution in [0.1, 0.15) is 62.2 Å². The Bertz CT molecular complexity index is 1410. The summed E-state index contributed by atoms with van der Waals surface area (Å²) in [5.41, 5.74) is 5.16. The molecule has 1 aromatic carbocycles. The van der Waals surface area contributed by atoms with Gasteiger partial charge in [0.15, 0.2) is 0 Å². The van der Waals surface area contributed by atoms with Gasteiger partial charge in [-0.3, -0.25) is 14.3 Å². The number of anilines is 1. The van der Waals surface area contributed by atoms with Crippen molar-refractivity contribution >= 4 is 17.5 Å². The van der Waals surface area contributed by atoms with Gasteiger partial charge in [-0.25, -0.2) is 4.98 Å². The van der Waals surface area contributed by atoms with Gasteiger partial charge in [-0.2, -0.15) is 5.10 Å². The van der Waals surface area contributed by atoms with E-state index < -0.39 is 0 Å². The minimum Gasteiger partial charge on any atom is -0.469 e. The molecular weight excluding hydrogens is 446 g/mol. The number of benzene rings is 1. The third-order valence-electron chi connectivity index (χ3n) is 6.31. The van der Waals surface area contributed by atoms with Crippen molar-refractivity contribution < 1.29 is 18.4 Å². The molecule has 4 aromatic rings. The number of hydrogen-bond acceptors (Lipinski definition) is 6. The molecule has 9 heteroatoms. The topological polar surface area (TPSA) is 115 Å². The number of furan rings is 1. The number of carbonyl (C=O) groups is 2. The van der Waals surface area contributed by atoms with E-state index in [1.165, 1.54) is 6.26 Å². The molecule has 2 amide bonds. The minimum absolute atomic E-state index is 0.161. The first-order valence-electron chi connectivity index (χ1n) is 11.7. The molecule has 3 heterocycles. The van der Waals surface area contributed by atoms with Crippen molar-refractivity contribution in [3.8, 4) is 11.5 Å². The fraction of sp³-hybridized carbons (Fsp3) is 0.308. The highest BCUT2D eigenvalue weighted by atomic mass is 16.4. The zero-order valence-electron chi connectivity index (χ0n) is 20.0. The van der Waals surface area contributed by atoms with Gasteiger partial charge < -0.3 is 19.5 Å². The number of nitrogens with zero attached hydrogens (tertiary/aromatic N) is 3. The summed E-state index contributed by atoms with van der Waals surface area (Å²) in [7, 11) is 1.81. The highest BCUT2D eigenvalue weighted by Crippen LogP contribution is 2.26. The van der Waals surface area contributed by atoms with Crippen molar-refractivity contribution in [1.82, 2.24) is 20.1 Å². The van der Waals surface area contributed by atoms with E-state index in [-0.39, 0.29) is 18.4 Å². The average molecular weight is 474 g/mol. The Labute approximate surface area is 202 Å². The van der Waals surface area contributed by atoms with Gasteiger partial charge in [0.25, 0.3) is 11.8 Å². The molecular formula is C26H27N5O4. The van der Waals surface area contributed by atoms with Crippen molar-refractivity contribution in [2.75, 3.05) is 5.32 Å². The van der Waals surface area contributed by atoms with Crippen LogP contribution in [0.2, 0.25) is 0 Å². The van der Waals surface area contributed by atoms with Crippen molar-refractivity contribution in [2.45, 2.75) is 46.1 Å². The standard InChI is InChI=1S/C26H27N5O4/c1-15-19(11-12-34-15)24(32)28-18-8-6-7-17(13-18)26-29-22(16(2)35-26)14-27-25(33)23-20-9-4-5-10-21(20)30-31(23)3/h6-8,11-13H,4-5,9-10,14H2,1-3H3,(H,27,33)(H,28,32). The third kappa shape index (κ3) is 4.49. The summed E-state index contributed by atoms with van der Waals surface area (Å²) in [6.45, 7) is 3.80. The summed E-state index contributed by atoms with van der Waals surface area (Å²) in [5, 5.41) is 10.4. The second-order valence-electron chi connectivity index (χ2n) is 8.73. The van der Waals surface area contributed by atoms with E-state index in [0.29, 0.717) is 45.6 Å². The van der Waals surface area contributed by atoms with Gasteiger partial charge in [0.05, 0.1) is 24.1 Å². The van der Waals surface area contributed by atoms with Gasteiger partial charge in [0.2, 0.25) is 5.89 Å². The smallest absolute Gasteiger partial charge is 0.270 e. The van der Waals surface area contributed by atoms with Crippen LogP contribution in [-0.2, 0) is 26.4 Å². The monoisotopic (exact) mass is 473 g/mol. The first-order chi connectivity index (χ1) is 16.9. The molecule has 180 valence electrons. The lowest BCUT2D eigenvalue weighted by atomic mass is 9.95. The SMILES string of the molecule is Cc1occc1C(=O)Nc1cccc(-c2nc(CNC(=O)c3c4c(nn3C)CCCC4)c(C)o2)c1. The Kier molecular flexibility index (Phi) is 5.98. The summed E-state index contributed by atoms with van der Waals surface area (Å²) in [5.74, 6) is 1.18. The van der Waals surface area contributed by atoms with Crippen LogP contribution in [-0.4, -0.2) is 26.6 Å². The second-order valence-corrected chi connectivity index (χ2v) is 8.73. The summed E-state index contributed by atoms with van der Waals surface area (Å²) in [6.07, 6.45) is 5.47. The number of hydrogen-bond donors (Lipinski definition) is 2. The van der Waals surface area contributed by atoms with E-state index >= 15 is 0 Å². The van der Waals surface area contributed by atoms with Gasteiger partial charge in [0.1, 0.15) is 22.9 Å². The maximum Gasteiger partial charge on any atom is 0.270 e. The van der Waals surface area contributed by atoms with Crippen LogP contribution in [0.3, 0.4) is 0 Å². The molecule has 9 nitrogen and oxygen atoms in total. The van der Waals surface area contributed by atoms with E-state index in [1.807, 2.05) is 26.1 Å². The molecule has 0 atom stereocenters. The predicted molar refractivity (Wildman–Crippen MR) is 129 cm³/mol. The maximum absolute atomic E-state index is 13.0. The first kappa shape index (κ1) is 22.6. The molecule has 0 unspecified atom stereocenters. The lowest BCUT2D eigenvalue weighted by Gasteiger charge is -2.11. The molecule has 0 saturated carbocycles. The molecule has 35 heavy (non-hydrogen) atoms. The summed E-state index contributed by atoms with van der Waals surface area (Å²) >= 11 is 0. The van der Waals surface area contributed by atoms with E-state index in [2.05, 4.69) is 20.7 Å². The number of carbonyl (C=O) groups excluding carboxylic acids is 2. The van der Waals surface area contributed by atoms with Gasteiger partial charge >= 0.3 is 0 Å². The van der Waals surface area contributed by atoms with Crippen molar-refractivity contribution in [3.05, 3.63) is 76.3 Å². The molecule has 1 aliphatic carbocycles. The molecule has 0 radical (unpaired) electrons. The van der Waals surface area contributed by atoms with E-state index in [4.69, 9.17) is 8.83 Å². The fourth-order valence-electron chi connectivity index (χ4n) is 4.48. The second kappa shape index (κ2) is 9.25. The Morgan fingerprint density at radius 1 is 1.09 bits per heavy atom. The average Bonchev–Trinajstić information content (AvgIpc) is 3.53. The molecule has 1 aliphatic rings. The molecule has 2 N–H and O–H groups in total. The van der Waals surface area contributed by atoms with E-state index in [0.717, 1.165) is 36.9 Å². The lowest BCUT2D eigenvalue weighted by molar-refractivity contribution is 0.0939. The summed E-state index contributed by atoms with van der Waals surface area (Å²) in [4.78, 5) is 30.1. The number of oxazole rings is 1. The predicted octanol–water partition coefficient (Wildman–Crippen LogP) is 4.35. The first-order valence-corrected chi connectivity index (χ1v) is 11.7. The van der Waals surface area contributed by atoms with Crippen LogP contribution in [0.15, 0.2) is 45.4 Å². The van der Waals surface area contributed by atoms with Crippen molar-refractivity contribution in [1.29, 1.82) is 0 Å². The number of aryl methyl sites for hydroxylation is 4. The summed E-state index contributed by atoms with van der Waals surface area (Å²) < 4.78 is 12.8. The van der Waals surface area contributed by atoms with E-state index in [9.17, 15) is 9.59 Å². The van der Waals surface area contributed by atoms with Gasteiger partial charge in [-0.1, -0.05) is 6.07 Å². The number of fused-ring (bicyclic) bond motifs is 1. The lowest BCUT2D eigenvalue weighted by Crippen LogP contribution is -2.27. The Balaban J connectivity index is 1.29. The highest BCUT2D eigenvalue weighted by molar-refractivity contribution is 6.05. The van der Waals surface area contributed by atoms with Crippen molar-refractivity contribution in [2.24, 2.45) is 7.05 Å². The minimum atomic E-state index is -0.252. The summed E-state index contributed by atoms with van der Waals surface area (Å²) in [6, 6.07) is 8.90. The Morgan fingerprint density at radius 2 is 1.91 bits per heavy atom. The van der Waals surface area contributed by atoms with Crippen LogP contribution in [0.5, 0.6) is 0 Å². The third-order valence-corrected chi connectivity index (χ3v) is 6.31. The Hall–Kier alpha value is -4.14. The molecule has 0 aliphatic heterocycles. The molecule has 0 fully saturated rings. The van der Waals surface area contributed by atoms with Crippen molar-refractivity contribution in [3.63, 3.8) is 0 Å². The quantitative estimate of drug-likeness (QED) is 0.430. The number of amides is 2. The molecule has 3 aromatic heterocycles. The number of rotatable bonds is 6. The van der Waals surface area contributed by atoms with E-state index in [1.54, 1.807) is 29.8 Å². The zero-order chi connectivity index (χ0) is 24.5. The fourth-order valence-corrected chi connectivity index (χ4v) is 4.48. The molecule has 5 rings (SSSR count). The number of aromatic nitrogens is 3. The normalized spacial score (nSPS) is 12.9. The van der Waals surface area contributed by atoms with Gasteiger partial charge in [-0.15, -0.1) is 0 Å². The molecule has 0 spiro atoms. The molecule has 0 bridgehead atoms. The van der Waals surface area contributed by atoms with Crippen LogP contribution in [0.25, 0.3) is 11.5 Å². The largest absolute Gasteiger partial charge is 0.469 e. The van der Waals surface area contributed by atoms with Gasteiger partial charge in [-0.05, 0) is 63.8 Å². The van der Waals surface area contributed by atoms with Crippen LogP contribution in [0.4, 0.5) is 5.69 Å². The van der Waals surface area contributed by atoms with Gasteiger partial charge in [0, 0.05) is 23.9 Å².